The lowest BCUT2D eigenvalue weighted by Crippen LogP contribution is -2.60. The maximum atomic E-state index is 14.2. The van der Waals surface area contributed by atoms with Gasteiger partial charge in [0, 0.05) is 66.9 Å². The van der Waals surface area contributed by atoms with Crippen LogP contribution in [0.25, 0.3) is 27.9 Å². The molecule has 0 fully saturated rings. The molecule has 9 atom stereocenters. The van der Waals surface area contributed by atoms with Crippen molar-refractivity contribution in [1.29, 1.82) is 0 Å². The highest BCUT2D eigenvalue weighted by molar-refractivity contribution is 8.03. The van der Waals surface area contributed by atoms with Crippen molar-refractivity contribution < 1.29 is 77.4 Å². The SMILES string of the molecule is C[C@H](NC(=O)[C@H](CCCCN)NC(=O)CCCCCCCCCC[n+]1ccc(C=C2Sc3ccccc3N2C)c2ccccc21)C(=O)N[C@@H](CCC(N)=O)C(=O)N[C@@H](CO)C(=O)N[C@@H](Cc1c[nH]c2ccccc12)C(=O)NCC(=O)N[C@@H](CCCCN)C(=O)N[C@@H](CO)C(=O)N[C@@H](C)C(=O)N[C@@H](CCCCN)C(=O)O. The molecule has 5 aromatic rings. The zero-order chi connectivity index (χ0) is 80.1. The summed E-state index contributed by atoms with van der Waals surface area (Å²) < 4.78 is 2.33. The number of nitrogens with zero attached hydrogens (tertiary/aromatic N) is 2. The number of rotatable bonds is 51. The Morgan fingerprint density at radius 3 is 1.56 bits per heavy atom. The third-order valence-corrected chi connectivity index (χ3v) is 20.1. The minimum atomic E-state index is -1.81. The van der Waals surface area contributed by atoms with Crippen molar-refractivity contribution in [3.8, 4) is 0 Å². The van der Waals surface area contributed by atoms with E-state index in [2.05, 4.69) is 142 Å². The van der Waals surface area contributed by atoms with Gasteiger partial charge >= 0.3 is 5.97 Å². The molecule has 22 N–H and O–H groups in total. The quantitative estimate of drug-likeness (QED) is 0.0192. The summed E-state index contributed by atoms with van der Waals surface area (Å²) in [5.74, 6) is -11.0. The summed E-state index contributed by atoms with van der Waals surface area (Å²) in [6.07, 6.45) is 15.7. The fraction of sp³-hybridized carbons (Fsp3) is 0.519. The summed E-state index contributed by atoms with van der Waals surface area (Å²) in [7, 11) is 2.10. The van der Waals surface area contributed by atoms with Crippen molar-refractivity contribution in [1.82, 2.24) is 58.2 Å². The second-order valence-corrected chi connectivity index (χ2v) is 28.6. The van der Waals surface area contributed by atoms with E-state index in [1.165, 1.54) is 45.9 Å². The number of hydrogen-bond donors (Lipinski definition) is 18. The third-order valence-electron chi connectivity index (χ3n) is 18.9. The highest BCUT2D eigenvalue weighted by atomic mass is 32.2. The van der Waals surface area contributed by atoms with Crippen molar-refractivity contribution in [2.24, 2.45) is 22.9 Å². The maximum absolute atomic E-state index is 14.2. The Balaban J connectivity index is 0.984. The van der Waals surface area contributed by atoms with Crippen molar-refractivity contribution in [3.63, 3.8) is 0 Å². The van der Waals surface area contributed by atoms with E-state index in [9.17, 15) is 72.9 Å². The van der Waals surface area contributed by atoms with Gasteiger partial charge in [-0.25, -0.2) is 4.79 Å². The Bertz CT molecular complexity index is 3950. The number of unbranched alkanes of at least 4 members (excludes halogenated alkanes) is 10. The third kappa shape index (κ3) is 28.7. The molecule has 0 unspecified atom stereocenters. The molecule has 0 aliphatic carbocycles. The molecule has 0 bridgehead atoms. The molecule has 0 spiro atoms. The highest BCUT2D eigenvalue weighted by Gasteiger charge is 2.35. The number of carboxylic acid groups (broad SMARTS) is 1. The molecule has 600 valence electrons. The van der Waals surface area contributed by atoms with E-state index in [0.29, 0.717) is 68.1 Å². The number of carbonyl (C=O) groups is 12. The average molecular weight is 1550 g/mol. The number of carboxylic acids is 1. The van der Waals surface area contributed by atoms with Crippen LogP contribution in [-0.2, 0) is 70.5 Å². The Morgan fingerprint density at radius 1 is 0.500 bits per heavy atom. The number of aromatic amines is 1. The van der Waals surface area contributed by atoms with Gasteiger partial charge in [-0.1, -0.05) is 86.3 Å². The minimum absolute atomic E-state index is 0.0382. The lowest BCUT2D eigenvalue weighted by atomic mass is 10.0. The molecule has 0 saturated heterocycles. The van der Waals surface area contributed by atoms with Gasteiger partial charge in [0.1, 0.15) is 60.9 Å². The second-order valence-electron chi connectivity index (χ2n) is 27.5. The number of hydrogen-bond acceptors (Lipinski definition) is 19. The molecular formula is C77H112N17O15S+. The summed E-state index contributed by atoms with van der Waals surface area (Å²) in [4.78, 5) is 167. The fourth-order valence-corrected chi connectivity index (χ4v) is 13.7. The normalized spacial score (nSPS) is 14.6. The van der Waals surface area contributed by atoms with Crippen molar-refractivity contribution >= 4 is 116 Å². The van der Waals surface area contributed by atoms with Gasteiger partial charge in [-0.3, -0.25) is 52.7 Å². The summed E-state index contributed by atoms with van der Waals surface area (Å²) in [5.41, 5.74) is 27.2. The van der Waals surface area contributed by atoms with Gasteiger partial charge in [0.05, 0.1) is 35.9 Å². The molecule has 6 rings (SSSR count). The molecule has 33 heteroatoms. The first-order valence-electron chi connectivity index (χ1n) is 37.9. The predicted molar refractivity (Wildman–Crippen MR) is 417 cm³/mol. The van der Waals surface area contributed by atoms with E-state index in [1.54, 1.807) is 42.2 Å². The number of benzene rings is 3. The number of pyridine rings is 1. The maximum Gasteiger partial charge on any atom is 0.326 e. The number of aliphatic hydroxyl groups is 2. The number of carbonyl (C=O) groups excluding carboxylic acids is 11. The van der Waals surface area contributed by atoms with Gasteiger partial charge < -0.3 is 101 Å². The number of fused-ring (bicyclic) bond motifs is 3. The number of H-pyrrole nitrogens is 1. The highest BCUT2D eigenvalue weighted by Crippen LogP contribution is 2.45. The first-order chi connectivity index (χ1) is 52.9. The zero-order valence-electron chi connectivity index (χ0n) is 63.1. The Kier molecular flexibility index (Phi) is 38.0. The van der Waals surface area contributed by atoms with Crippen LogP contribution in [0.3, 0.4) is 0 Å². The number of aliphatic carboxylic acids is 1. The largest absolute Gasteiger partial charge is 0.480 e. The molecule has 0 saturated carbocycles. The molecule has 11 amide bonds. The van der Waals surface area contributed by atoms with Crippen LogP contribution in [0, 0.1) is 0 Å². The second kappa shape index (κ2) is 47.1. The molecule has 1 aliphatic rings. The first-order valence-corrected chi connectivity index (χ1v) is 38.7. The molecule has 2 aromatic heterocycles. The van der Waals surface area contributed by atoms with Gasteiger partial charge in [0.25, 0.3) is 0 Å². The zero-order valence-corrected chi connectivity index (χ0v) is 63.9. The summed E-state index contributed by atoms with van der Waals surface area (Å²) in [5, 5.41) is 58.1. The van der Waals surface area contributed by atoms with Gasteiger partial charge in [0.2, 0.25) is 70.5 Å². The van der Waals surface area contributed by atoms with Crippen LogP contribution in [0.2, 0.25) is 0 Å². The van der Waals surface area contributed by atoms with E-state index >= 15 is 0 Å². The van der Waals surface area contributed by atoms with E-state index in [4.69, 9.17) is 22.9 Å². The standard InChI is InChI=1S/C77H111N17O15S/c1-48(84-72(103)55(27-17-20-37-78)86-66(98)33-10-8-6-4-5-7-9-23-40-94-41-36-50(53-25-12-14-30-62(53)94)43-68-93(3)63-31-15-16-32-64(63)110-68)69(100)88-57(34-35-65(81)97)74(105)92-61(47-96)76(107)90-59(42-51-44-82-54-26-13-11-24-52(51)54)71(102)83-45-67(99)87-56(28-18-21-38-79)73(104)91-60(46-95)75(106)85-49(2)70(101)89-58(77(108)109)29-19-22-39-80/h11-16,24-26,30-32,36,41,43-44,48-49,55-61,82,95-96H,4-10,17-23,27-29,33-35,37-40,42,45-47,78-80H2,1-3H3,(H12-,81,83,84,85,86,87,88,89,90,91,92,97,98,99,100,101,102,103,104,105,106,107,108,109)/p+1/t48-,49-,55-,56-,57-,58-,59-,60-,61-/m0/s1. The predicted octanol–water partition coefficient (Wildman–Crippen LogP) is 1.14. The molecule has 3 aromatic carbocycles. The average Bonchev–Trinajstić information content (AvgIpc) is 1.35. The van der Waals surface area contributed by atoms with Crippen LogP contribution in [0.5, 0.6) is 0 Å². The Morgan fingerprint density at radius 2 is 0.982 bits per heavy atom. The van der Waals surface area contributed by atoms with E-state index in [1.807, 2.05) is 0 Å². The number of aliphatic hydroxyl groups excluding tert-OH is 2. The first kappa shape index (κ1) is 88.8. The number of amides is 11. The van der Waals surface area contributed by atoms with Crippen LogP contribution < -0.4 is 85.6 Å². The number of nitrogens with two attached hydrogens (primary N) is 4. The Labute approximate surface area is 645 Å². The van der Waals surface area contributed by atoms with Crippen LogP contribution in [0.4, 0.5) is 5.69 Å². The van der Waals surface area contributed by atoms with Crippen molar-refractivity contribution in [2.75, 3.05) is 51.3 Å². The molecular weight excluding hydrogens is 1440 g/mol. The number of anilines is 1. The van der Waals surface area contributed by atoms with E-state index in [-0.39, 0.29) is 51.0 Å². The van der Waals surface area contributed by atoms with Crippen molar-refractivity contribution in [3.05, 3.63) is 107 Å². The monoisotopic (exact) mass is 1550 g/mol. The number of para-hydroxylation sites is 3. The van der Waals surface area contributed by atoms with Crippen molar-refractivity contribution in [2.45, 2.75) is 215 Å². The smallest absolute Gasteiger partial charge is 0.326 e. The molecule has 110 heavy (non-hydrogen) atoms. The van der Waals surface area contributed by atoms with Crippen LogP contribution in [0.15, 0.2) is 101 Å². The number of nitrogens with one attached hydrogen (secondary N) is 11. The Hall–Kier alpha value is -10.1. The lowest BCUT2D eigenvalue weighted by Gasteiger charge is -2.26. The molecule has 3 heterocycles. The van der Waals surface area contributed by atoms with Gasteiger partial charge in [-0.2, -0.15) is 4.57 Å². The van der Waals surface area contributed by atoms with E-state index in [0.717, 1.165) is 51.5 Å². The number of aromatic nitrogens is 2. The molecule has 32 nitrogen and oxygen atoms in total. The minimum Gasteiger partial charge on any atom is -0.480 e. The van der Waals surface area contributed by atoms with Gasteiger partial charge in [-0.05, 0) is 152 Å². The number of primary amides is 1. The van der Waals surface area contributed by atoms with Gasteiger partial charge in [-0.15, -0.1) is 0 Å². The van der Waals surface area contributed by atoms with E-state index < -0.39 is 152 Å². The fourth-order valence-electron chi connectivity index (χ4n) is 12.6. The van der Waals surface area contributed by atoms with Crippen LogP contribution in [-0.4, -0.2) is 192 Å². The molecule has 0 radical (unpaired) electrons. The summed E-state index contributed by atoms with van der Waals surface area (Å²) in [6.45, 7) is 1.55. The lowest BCUT2D eigenvalue weighted by molar-refractivity contribution is -0.671. The summed E-state index contributed by atoms with van der Waals surface area (Å²) in [6, 6.07) is 13.2. The number of aryl methyl sites for hydroxylation is 1. The molecule has 1 aliphatic heterocycles. The van der Waals surface area contributed by atoms with Gasteiger partial charge in [0.15, 0.2) is 6.20 Å². The van der Waals surface area contributed by atoms with Crippen LogP contribution in [0.1, 0.15) is 153 Å². The summed E-state index contributed by atoms with van der Waals surface area (Å²) >= 11 is 1.78. The number of thioether (sulfide) groups is 1. The topological polar surface area (TPSA) is 513 Å². The van der Waals surface area contributed by atoms with Crippen LogP contribution >= 0.6 is 11.8 Å².